The van der Waals surface area contributed by atoms with Crippen molar-refractivity contribution in [3.05, 3.63) is 102 Å². The van der Waals surface area contributed by atoms with Crippen LogP contribution >= 0.6 is 0 Å². The summed E-state index contributed by atoms with van der Waals surface area (Å²) >= 11 is 0. The van der Waals surface area contributed by atoms with E-state index >= 15 is 0 Å². The van der Waals surface area contributed by atoms with Crippen LogP contribution in [0.2, 0.25) is 0 Å². The van der Waals surface area contributed by atoms with Crippen LogP contribution in [0.15, 0.2) is 79.1 Å². The third kappa shape index (κ3) is 3.96. The molecule has 2 heterocycles. The summed E-state index contributed by atoms with van der Waals surface area (Å²) in [5.41, 5.74) is 3.02. The van der Waals surface area contributed by atoms with E-state index in [1.807, 2.05) is 30.3 Å². The average Bonchev–Trinajstić information content (AvgIpc) is 3.17. The Balaban J connectivity index is 1.79. The molecule has 142 valence electrons. The molecule has 0 amide bonds. The molecule has 2 aromatic heterocycles. The second-order valence-corrected chi connectivity index (χ2v) is 6.30. The van der Waals surface area contributed by atoms with E-state index in [1.165, 1.54) is 24.4 Å². The van der Waals surface area contributed by atoms with Crippen LogP contribution in [0.5, 0.6) is 0 Å². The number of carboxylic acids is 1. The van der Waals surface area contributed by atoms with Crippen LogP contribution in [0.1, 0.15) is 21.6 Å². The first-order chi connectivity index (χ1) is 14.1. The zero-order chi connectivity index (χ0) is 20.2. The SMILES string of the molecule is O=C(O)c1ccnc(C=Cc2cn(-c3ccccc3)nc2-c2ccccc2F)c1. The Hall–Kier alpha value is -4.06. The topological polar surface area (TPSA) is 68.0 Å². The fourth-order valence-electron chi connectivity index (χ4n) is 2.93. The lowest BCUT2D eigenvalue weighted by Gasteiger charge is -2.01. The molecule has 1 N–H and O–H groups in total. The molecule has 6 heteroatoms. The Morgan fingerprint density at radius 3 is 2.52 bits per heavy atom. The molecule has 0 bridgehead atoms. The maximum absolute atomic E-state index is 14.4. The van der Waals surface area contributed by atoms with Crippen LogP contribution < -0.4 is 0 Å². The van der Waals surface area contributed by atoms with Crippen LogP contribution in [0, 0.1) is 5.82 Å². The van der Waals surface area contributed by atoms with Crippen LogP contribution in [-0.4, -0.2) is 25.8 Å². The molecular formula is C23H16FN3O2. The van der Waals surface area contributed by atoms with Gasteiger partial charge in [0.05, 0.1) is 16.9 Å². The fourth-order valence-corrected chi connectivity index (χ4v) is 2.93. The van der Waals surface area contributed by atoms with Crippen LogP contribution in [-0.2, 0) is 0 Å². The molecule has 2 aromatic carbocycles. The highest BCUT2D eigenvalue weighted by Gasteiger charge is 2.14. The summed E-state index contributed by atoms with van der Waals surface area (Å²) in [7, 11) is 0. The highest BCUT2D eigenvalue weighted by atomic mass is 19.1. The van der Waals surface area contributed by atoms with Gasteiger partial charge in [-0.2, -0.15) is 5.10 Å². The van der Waals surface area contributed by atoms with Crippen molar-refractivity contribution >= 4 is 18.1 Å². The standard InChI is InChI=1S/C23H16FN3O2/c24-21-9-5-4-8-20(21)22-17(15-27(26-22)19-6-2-1-3-7-19)10-11-18-14-16(23(28)29)12-13-25-18/h1-15H,(H,28,29). The van der Waals surface area contributed by atoms with E-state index in [-0.39, 0.29) is 11.4 Å². The summed E-state index contributed by atoms with van der Waals surface area (Å²) in [5, 5.41) is 13.7. The zero-order valence-electron chi connectivity index (χ0n) is 15.2. The van der Waals surface area contributed by atoms with E-state index in [4.69, 9.17) is 5.11 Å². The molecule has 0 saturated heterocycles. The molecule has 4 aromatic rings. The van der Waals surface area contributed by atoms with Crippen molar-refractivity contribution in [2.45, 2.75) is 0 Å². The molecule has 0 unspecified atom stereocenters. The predicted octanol–water partition coefficient (Wildman–Crippen LogP) is 4.94. The van der Waals surface area contributed by atoms with Gasteiger partial charge in [-0.15, -0.1) is 0 Å². The van der Waals surface area contributed by atoms with Gasteiger partial charge in [-0.05, 0) is 48.6 Å². The van der Waals surface area contributed by atoms with Crippen molar-refractivity contribution in [2.24, 2.45) is 0 Å². The molecule has 0 aliphatic carbocycles. The monoisotopic (exact) mass is 385 g/mol. The van der Waals surface area contributed by atoms with E-state index in [1.54, 1.807) is 41.2 Å². The third-order valence-corrected chi connectivity index (χ3v) is 4.35. The molecule has 0 atom stereocenters. The van der Waals surface area contributed by atoms with Gasteiger partial charge in [0.2, 0.25) is 0 Å². The molecule has 0 aliphatic heterocycles. The Bertz CT molecular complexity index is 1200. The van der Waals surface area contributed by atoms with Crippen LogP contribution in [0.4, 0.5) is 4.39 Å². The van der Waals surface area contributed by atoms with E-state index < -0.39 is 5.97 Å². The number of rotatable bonds is 5. The summed E-state index contributed by atoms with van der Waals surface area (Å²) < 4.78 is 16.1. The molecular weight excluding hydrogens is 369 g/mol. The molecule has 5 nitrogen and oxygen atoms in total. The van der Waals surface area contributed by atoms with Crippen molar-refractivity contribution in [1.82, 2.24) is 14.8 Å². The predicted molar refractivity (Wildman–Crippen MR) is 109 cm³/mol. The van der Waals surface area contributed by atoms with Crippen molar-refractivity contribution in [1.29, 1.82) is 0 Å². The quantitative estimate of drug-likeness (QED) is 0.528. The lowest BCUT2D eigenvalue weighted by atomic mass is 10.1. The minimum absolute atomic E-state index is 0.147. The lowest BCUT2D eigenvalue weighted by Crippen LogP contribution is -1.96. The third-order valence-electron chi connectivity index (χ3n) is 4.35. The highest BCUT2D eigenvalue weighted by molar-refractivity contribution is 5.88. The summed E-state index contributed by atoms with van der Waals surface area (Å²) in [4.78, 5) is 15.3. The minimum atomic E-state index is -1.02. The molecule has 0 saturated carbocycles. The van der Waals surface area contributed by atoms with E-state index in [9.17, 15) is 9.18 Å². The van der Waals surface area contributed by atoms with Crippen LogP contribution in [0.25, 0.3) is 29.1 Å². The Labute approximate surface area is 166 Å². The van der Waals surface area contributed by atoms with Gasteiger partial charge in [0, 0.05) is 23.5 Å². The number of halogens is 1. The van der Waals surface area contributed by atoms with E-state index in [0.29, 0.717) is 22.5 Å². The molecule has 29 heavy (non-hydrogen) atoms. The normalized spacial score (nSPS) is 11.1. The van der Waals surface area contributed by atoms with Crippen molar-refractivity contribution in [3.8, 4) is 16.9 Å². The maximum Gasteiger partial charge on any atom is 0.335 e. The lowest BCUT2D eigenvalue weighted by molar-refractivity contribution is 0.0696. The number of aromatic carboxylic acids is 1. The van der Waals surface area contributed by atoms with Gasteiger partial charge in [-0.25, -0.2) is 13.9 Å². The average molecular weight is 385 g/mol. The molecule has 0 aliphatic rings. The molecule has 0 fully saturated rings. The number of carboxylic acid groups (broad SMARTS) is 1. The van der Waals surface area contributed by atoms with Gasteiger partial charge in [0.25, 0.3) is 0 Å². The Morgan fingerprint density at radius 2 is 1.76 bits per heavy atom. The molecule has 0 radical (unpaired) electrons. The zero-order valence-corrected chi connectivity index (χ0v) is 15.2. The maximum atomic E-state index is 14.4. The second kappa shape index (κ2) is 7.90. The van der Waals surface area contributed by atoms with E-state index in [2.05, 4.69) is 10.1 Å². The van der Waals surface area contributed by atoms with E-state index in [0.717, 1.165) is 5.69 Å². The number of nitrogens with zero attached hydrogens (tertiary/aromatic N) is 3. The highest BCUT2D eigenvalue weighted by Crippen LogP contribution is 2.27. The smallest absolute Gasteiger partial charge is 0.335 e. The number of hydrogen-bond acceptors (Lipinski definition) is 3. The summed E-state index contributed by atoms with van der Waals surface area (Å²) in [6, 6.07) is 18.9. The summed E-state index contributed by atoms with van der Waals surface area (Å²) in [6.45, 7) is 0. The van der Waals surface area contributed by atoms with Gasteiger partial charge < -0.3 is 5.11 Å². The number of pyridine rings is 1. The van der Waals surface area contributed by atoms with Crippen LogP contribution in [0.3, 0.4) is 0 Å². The Morgan fingerprint density at radius 1 is 1.00 bits per heavy atom. The van der Waals surface area contributed by atoms with Gasteiger partial charge in [-0.3, -0.25) is 4.98 Å². The first kappa shape index (κ1) is 18.3. The first-order valence-corrected chi connectivity index (χ1v) is 8.89. The van der Waals surface area contributed by atoms with Gasteiger partial charge in [0.15, 0.2) is 0 Å². The second-order valence-electron chi connectivity index (χ2n) is 6.30. The fraction of sp³-hybridized carbons (Fsp3) is 0. The van der Waals surface area contributed by atoms with Gasteiger partial charge in [0.1, 0.15) is 11.5 Å². The van der Waals surface area contributed by atoms with Gasteiger partial charge >= 0.3 is 5.97 Å². The van der Waals surface area contributed by atoms with Gasteiger partial charge in [-0.1, -0.05) is 30.3 Å². The number of carbonyl (C=O) groups is 1. The Kier molecular flexibility index (Phi) is 4.99. The summed E-state index contributed by atoms with van der Waals surface area (Å²) in [5.74, 6) is -1.39. The number of para-hydroxylation sites is 1. The molecule has 4 rings (SSSR count). The van der Waals surface area contributed by atoms with Crippen molar-refractivity contribution in [3.63, 3.8) is 0 Å². The number of benzene rings is 2. The summed E-state index contributed by atoms with van der Waals surface area (Å²) in [6.07, 6.45) is 6.67. The number of aromatic nitrogens is 3. The van der Waals surface area contributed by atoms with Crippen molar-refractivity contribution in [2.75, 3.05) is 0 Å². The largest absolute Gasteiger partial charge is 0.478 e. The molecule has 0 spiro atoms. The van der Waals surface area contributed by atoms with Crippen molar-refractivity contribution < 1.29 is 14.3 Å². The minimum Gasteiger partial charge on any atom is -0.478 e. The first-order valence-electron chi connectivity index (χ1n) is 8.89. The number of hydrogen-bond donors (Lipinski definition) is 1.